The molecule has 1 aliphatic heterocycles. The van der Waals surface area contributed by atoms with Crippen molar-refractivity contribution in [3.05, 3.63) is 29.3 Å². The van der Waals surface area contributed by atoms with Crippen molar-refractivity contribution in [1.82, 2.24) is 10.0 Å². The van der Waals surface area contributed by atoms with Crippen LogP contribution >= 0.6 is 0 Å². The number of rotatable bonds is 8. The molecule has 166 valence electrons. The van der Waals surface area contributed by atoms with Gasteiger partial charge in [0.15, 0.2) is 0 Å². The molecular weight excluding hydrogens is 402 g/mol. The molecule has 1 aromatic carbocycles. The van der Waals surface area contributed by atoms with Crippen LogP contribution in [0.25, 0.3) is 0 Å². The second-order valence-corrected chi connectivity index (χ2v) is 10.1. The quantitative estimate of drug-likeness (QED) is 0.651. The van der Waals surface area contributed by atoms with Crippen molar-refractivity contribution in [3.63, 3.8) is 0 Å². The summed E-state index contributed by atoms with van der Waals surface area (Å²) in [5.41, 5.74) is 1.80. The third kappa shape index (κ3) is 6.42. The van der Waals surface area contributed by atoms with Gasteiger partial charge < -0.3 is 14.8 Å². The van der Waals surface area contributed by atoms with Gasteiger partial charge in [0.25, 0.3) is 0 Å². The molecule has 0 radical (unpaired) electrons. The highest BCUT2D eigenvalue weighted by Gasteiger charge is 2.30. The Morgan fingerprint density at radius 2 is 2.00 bits per heavy atom. The summed E-state index contributed by atoms with van der Waals surface area (Å²) in [6, 6.07) is 7.81. The third-order valence-corrected chi connectivity index (χ3v) is 6.75. The number of nitrogens with one attached hydrogen (secondary N) is 2. The summed E-state index contributed by atoms with van der Waals surface area (Å²) in [6.07, 6.45) is 7.15. The minimum absolute atomic E-state index is 0.00859. The van der Waals surface area contributed by atoms with Crippen LogP contribution in [-0.2, 0) is 14.8 Å². The predicted octanol–water partition coefficient (Wildman–Crippen LogP) is 2.67. The second-order valence-electron chi connectivity index (χ2n) is 8.30. The van der Waals surface area contributed by atoms with Crippen LogP contribution in [0.15, 0.2) is 18.2 Å². The summed E-state index contributed by atoms with van der Waals surface area (Å²) >= 11 is 0. The molecule has 1 saturated heterocycles. The number of piperidine rings is 1. The lowest BCUT2D eigenvalue weighted by molar-refractivity contribution is 0.00511. The number of benzene rings is 1. The van der Waals surface area contributed by atoms with E-state index in [4.69, 9.17) is 14.7 Å². The first-order chi connectivity index (χ1) is 14.4. The van der Waals surface area contributed by atoms with E-state index in [-0.39, 0.29) is 18.2 Å². The molecule has 1 saturated carbocycles. The molecule has 3 rings (SSSR count). The van der Waals surface area contributed by atoms with E-state index in [0.717, 1.165) is 50.8 Å². The number of hydrogen-bond donors (Lipinski definition) is 2. The van der Waals surface area contributed by atoms with Crippen LogP contribution in [0.1, 0.15) is 62.5 Å². The number of nitrogens with zero attached hydrogens (tertiary/aromatic N) is 1. The van der Waals surface area contributed by atoms with Gasteiger partial charge in [0, 0.05) is 12.1 Å². The maximum absolute atomic E-state index is 11.6. The first-order valence-corrected chi connectivity index (χ1v) is 12.8. The molecule has 2 atom stereocenters. The van der Waals surface area contributed by atoms with Crippen LogP contribution < -0.4 is 14.8 Å². The van der Waals surface area contributed by atoms with Crippen molar-refractivity contribution in [2.24, 2.45) is 0 Å². The molecule has 0 spiro atoms. The van der Waals surface area contributed by atoms with Gasteiger partial charge in [0.1, 0.15) is 5.75 Å². The van der Waals surface area contributed by atoms with Crippen molar-refractivity contribution in [1.29, 1.82) is 5.26 Å². The van der Waals surface area contributed by atoms with Crippen LogP contribution in [0.2, 0.25) is 0 Å². The van der Waals surface area contributed by atoms with E-state index in [1.54, 1.807) is 0 Å². The molecule has 0 unspecified atom stereocenters. The fourth-order valence-corrected chi connectivity index (χ4v) is 5.38. The lowest BCUT2D eigenvalue weighted by Crippen LogP contribution is -2.55. The Morgan fingerprint density at radius 1 is 1.23 bits per heavy atom. The van der Waals surface area contributed by atoms with E-state index < -0.39 is 10.0 Å². The summed E-state index contributed by atoms with van der Waals surface area (Å²) < 4.78 is 38.0. The first kappa shape index (κ1) is 23.0. The molecule has 8 heteroatoms. The van der Waals surface area contributed by atoms with Gasteiger partial charge in [0.2, 0.25) is 10.0 Å². The molecule has 2 N–H and O–H groups in total. The van der Waals surface area contributed by atoms with E-state index in [9.17, 15) is 8.42 Å². The van der Waals surface area contributed by atoms with Gasteiger partial charge in [-0.25, -0.2) is 13.1 Å². The van der Waals surface area contributed by atoms with Crippen LogP contribution in [0, 0.1) is 11.3 Å². The van der Waals surface area contributed by atoms with E-state index in [2.05, 4.69) is 16.1 Å². The predicted molar refractivity (Wildman–Crippen MR) is 116 cm³/mol. The Labute approximate surface area is 180 Å². The maximum atomic E-state index is 11.6. The molecule has 1 aliphatic carbocycles. The normalized spacial score (nSPS) is 27.4. The Hall–Kier alpha value is -1.66. The van der Waals surface area contributed by atoms with Gasteiger partial charge >= 0.3 is 0 Å². The smallest absolute Gasteiger partial charge is 0.209 e. The van der Waals surface area contributed by atoms with Gasteiger partial charge in [-0.1, -0.05) is 6.07 Å². The molecule has 0 bridgehead atoms. The van der Waals surface area contributed by atoms with Gasteiger partial charge in [-0.3, -0.25) is 0 Å². The number of nitriles is 1. The Bertz CT molecular complexity index is 844. The lowest BCUT2D eigenvalue weighted by Gasteiger charge is -2.35. The van der Waals surface area contributed by atoms with Crippen LogP contribution in [-0.4, -0.2) is 52.6 Å². The summed E-state index contributed by atoms with van der Waals surface area (Å²) in [7, 11) is -3.23. The van der Waals surface area contributed by atoms with Crippen molar-refractivity contribution >= 4 is 10.0 Å². The molecule has 1 aromatic rings. The lowest BCUT2D eigenvalue weighted by atomic mass is 9.82. The highest BCUT2D eigenvalue weighted by Crippen LogP contribution is 2.39. The van der Waals surface area contributed by atoms with E-state index in [1.807, 2.05) is 25.1 Å². The summed E-state index contributed by atoms with van der Waals surface area (Å²) in [5.74, 6) is 1.23. The molecule has 7 nitrogen and oxygen atoms in total. The molecule has 2 fully saturated rings. The molecule has 0 amide bonds. The zero-order valence-corrected chi connectivity index (χ0v) is 18.7. The highest BCUT2D eigenvalue weighted by atomic mass is 32.2. The average molecular weight is 436 g/mol. The monoisotopic (exact) mass is 435 g/mol. The molecule has 30 heavy (non-hydrogen) atoms. The number of sulfonamides is 1. The summed E-state index contributed by atoms with van der Waals surface area (Å²) in [6.45, 7) is 3.95. The summed E-state index contributed by atoms with van der Waals surface area (Å²) in [5, 5.41) is 12.6. The minimum atomic E-state index is -3.23. The van der Waals surface area contributed by atoms with Crippen molar-refractivity contribution in [2.75, 3.05) is 26.0 Å². The van der Waals surface area contributed by atoms with Crippen molar-refractivity contribution < 1.29 is 17.9 Å². The van der Waals surface area contributed by atoms with Crippen LogP contribution in [0.4, 0.5) is 0 Å². The van der Waals surface area contributed by atoms with Gasteiger partial charge in [-0.2, -0.15) is 5.26 Å². The standard InChI is InChI=1S/C22H33N3O4S/c1-3-28-22-13-16(14-23)6-11-19(22)17-7-9-18(10-8-17)29-15-21-20(5-4-12-24-21)25-30(2,26)27/h6,11,13,17-18,20-21,24-25H,3-5,7-10,12,15H2,1-2H3/t17?,18?,20-,21-/m0/s1. The second kappa shape index (κ2) is 10.6. The molecule has 2 aliphatic rings. The van der Waals surface area contributed by atoms with Crippen molar-refractivity contribution in [3.8, 4) is 11.8 Å². The van der Waals surface area contributed by atoms with Crippen LogP contribution in [0.3, 0.4) is 0 Å². The van der Waals surface area contributed by atoms with Gasteiger partial charge in [-0.15, -0.1) is 0 Å². The number of ether oxygens (including phenoxy) is 2. The van der Waals surface area contributed by atoms with Gasteiger partial charge in [-0.05, 0) is 75.6 Å². The zero-order valence-electron chi connectivity index (χ0n) is 17.9. The van der Waals surface area contributed by atoms with E-state index in [0.29, 0.717) is 24.7 Å². The van der Waals surface area contributed by atoms with Gasteiger partial charge in [0.05, 0.1) is 37.2 Å². The molecule has 1 heterocycles. The largest absolute Gasteiger partial charge is 0.494 e. The Balaban J connectivity index is 1.53. The van der Waals surface area contributed by atoms with E-state index in [1.165, 1.54) is 11.8 Å². The fraction of sp³-hybridized carbons (Fsp3) is 0.682. The summed E-state index contributed by atoms with van der Waals surface area (Å²) in [4.78, 5) is 0. The van der Waals surface area contributed by atoms with E-state index >= 15 is 0 Å². The van der Waals surface area contributed by atoms with Crippen LogP contribution in [0.5, 0.6) is 5.75 Å². The zero-order chi connectivity index (χ0) is 21.6. The topological polar surface area (TPSA) is 100 Å². The first-order valence-electron chi connectivity index (χ1n) is 10.9. The molecule has 0 aromatic heterocycles. The SMILES string of the molecule is CCOc1cc(C#N)ccc1C1CCC(OC[C@@H]2NCCC[C@@H]2NS(C)(=O)=O)CC1. The Kier molecular flexibility index (Phi) is 8.12. The molecular formula is C22H33N3O4S. The average Bonchev–Trinajstić information content (AvgIpc) is 2.73. The third-order valence-electron chi connectivity index (χ3n) is 6.02. The maximum Gasteiger partial charge on any atom is 0.209 e. The number of hydrogen-bond acceptors (Lipinski definition) is 6. The Morgan fingerprint density at radius 3 is 2.67 bits per heavy atom. The minimum Gasteiger partial charge on any atom is -0.494 e. The fourth-order valence-electron chi connectivity index (χ4n) is 4.55. The highest BCUT2D eigenvalue weighted by molar-refractivity contribution is 7.88. The van der Waals surface area contributed by atoms with Crippen molar-refractivity contribution in [2.45, 2.75) is 69.6 Å².